The van der Waals surface area contributed by atoms with E-state index >= 15 is 0 Å². The molecule has 4 heteroatoms. The van der Waals surface area contributed by atoms with E-state index < -0.39 is 0 Å². The molecule has 0 bridgehead atoms. The number of thiophene rings is 1. The molecule has 0 radical (unpaired) electrons. The minimum absolute atomic E-state index is 0.676. The summed E-state index contributed by atoms with van der Waals surface area (Å²) in [6, 6.07) is 10.1. The largest absolute Gasteiger partial charge is 0.492 e. The zero-order valence-corrected chi connectivity index (χ0v) is 13.3. The lowest BCUT2D eigenvalue weighted by molar-refractivity contribution is 0.314. The Morgan fingerprint density at radius 2 is 2.15 bits per heavy atom. The molecule has 2 aromatic rings. The average Bonchev–Trinajstić information content (AvgIpc) is 2.97. The Morgan fingerprint density at radius 1 is 1.25 bits per heavy atom. The smallest absolute Gasteiger partial charge is 0.119 e. The fraction of sp³-hybridized carbons (Fsp3) is 0.375. The lowest BCUT2D eigenvalue weighted by atomic mass is 10.1. The molecule has 0 atom stereocenters. The van der Waals surface area contributed by atoms with Crippen molar-refractivity contribution in [1.82, 2.24) is 5.32 Å². The predicted molar refractivity (Wildman–Crippen MR) is 87.2 cm³/mol. The van der Waals surface area contributed by atoms with Crippen molar-refractivity contribution in [3.05, 3.63) is 51.2 Å². The van der Waals surface area contributed by atoms with Crippen LogP contribution in [0.25, 0.3) is 0 Å². The van der Waals surface area contributed by atoms with Crippen molar-refractivity contribution in [1.29, 1.82) is 0 Å². The maximum Gasteiger partial charge on any atom is 0.119 e. The van der Waals surface area contributed by atoms with Gasteiger partial charge in [0.15, 0.2) is 0 Å². The zero-order chi connectivity index (χ0) is 14.2. The SMILES string of the molecule is CCc1cc(OCCNCCc2cccs2)ccc1Cl. The number of halogens is 1. The van der Waals surface area contributed by atoms with Crippen LogP contribution < -0.4 is 10.1 Å². The second-order valence-corrected chi connectivity index (χ2v) is 5.97. The van der Waals surface area contributed by atoms with Crippen LogP contribution in [-0.4, -0.2) is 19.7 Å². The summed E-state index contributed by atoms with van der Waals surface area (Å²) in [6.45, 7) is 4.62. The molecule has 0 saturated heterocycles. The number of aryl methyl sites for hydroxylation is 1. The van der Waals surface area contributed by atoms with Gasteiger partial charge in [-0.15, -0.1) is 11.3 Å². The van der Waals surface area contributed by atoms with Crippen molar-refractivity contribution in [3.63, 3.8) is 0 Å². The molecule has 0 unspecified atom stereocenters. The highest BCUT2D eigenvalue weighted by Gasteiger charge is 2.01. The molecule has 1 heterocycles. The first-order valence-corrected chi connectivity index (χ1v) is 8.19. The van der Waals surface area contributed by atoms with E-state index in [0.717, 1.165) is 42.3 Å². The van der Waals surface area contributed by atoms with E-state index in [9.17, 15) is 0 Å². The van der Waals surface area contributed by atoms with Crippen LogP contribution in [0.3, 0.4) is 0 Å². The van der Waals surface area contributed by atoms with Crippen LogP contribution in [0.4, 0.5) is 0 Å². The van der Waals surface area contributed by atoms with Crippen LogP contribution in [0.1, 0.15) is 17.4 Å². The summed E-state index contributed by atoms with van der Waals surface area (Å²) in [5.41, 5.74) is 1.13. The molecule has 0 aliphatic carbocycles. The van der Waals surface area contributed by atoms with E-state index in [4.69, 9.17) is 16.3 Å². The number of hydrogen-bond donors (Lipinski definition) is 1. The fourth-order valence-electron chi connectivity index (χ4n) is 1.94. The Balaban J connectivity index is 1.63. The van der Waals surface area contributed by atoms with Gasteiger partial charge in [0, 0.05) is 23.0 Å². The summed E-state index contributed by atoms with van der Waals surface area (Å²) in [5.74, 6) is 0.895. The molecule has 0 aliphatic heterocycles. The molecule has 0 spiro atoms. The van der Waals surface area contributed by atoms with Crippen molar-refractivity contribution in [2.75, 3.05) is 19.7 Å². The predicted octanol–water partition coefficient (Wildman–Crippen LogP) is 4.18. The molecule has 0 fully saturated rings. The number of ether oxygens (including phenoxy) is 1. The third-order valence-corrected chi connectivity index (χ3v) is 4.38. The Hall–Kier alpha value is -1.03. The van der Waals surface area contributed by atoms with Gasteiger partial charge >= 0.3 is 0 Å². The van der Waals surface area contributed by atoms with Crippen molar-refractivity contribution in [2.45, 2.75) is 19.8 Å². The molecule has 1 aromatic carbocycles. The summed E-state index contributed by atoms with van der Waals surface area (Å²) in [6.07, 6.45) is 2.01. The summed E-state index contributed by atoms with van der Waals surface area (Å²) in [4.78, 5) is 1.42. The van der Waals surface area contributed by atoms with Gasteiger partial charge in [-0.25, -0.2) is 0 Å². The van der Waals surface area contributed by atoms with Crippen LogP contribution in [0.15, 0.2) is 35.7 Å². The number of hydrogen-bond acceptors (Lipinski definition) is 3. The van der Waals surface area contributed by atoms with Gasteiger partial charge in [0.1, 0.15) is 12.4 Å². The topological polar surface area (TPSA) is 21.3 Å². The molecule has 0 amide bonds. The Bertz CT molecular complexity index is 513. The van der Waals surface area contributed by atoms with Crippen molar-refractivity contribution in [3.8, 4) is 5.75 Å². The molecule has 2 nitrogen and oxygen atoms in total. The Kier molecular flexibility index (Phi) is 6.37. The molecule has 1 N–H and O–H groups in total. The van der Waals surface area contributed by atoms with E-state index in [-0.39, 0.29) is 0 Å². The van der Waals surface area contributed by atoms with Gasteiger partial charge in [0.2, 0.25) is 0 Å². The zero-order valence-electron chi connectivity index (χ0n) is 11.7. The average molecular weight is 310 g/mol. The van der Waals surface area contributed by atoms with E-state index in [1.165, 1.54) is 4.88 Å². The lowest BCUT2D eigenvalue weighted by Crippen LogP contribution is -2.23. The quantitative estimate of drug-likeness (QED) is 0.739. The van der Waals surface area contributed by atoms with Crippen LogP contribution in [0, 0.1) is 0 Å². The van der Waals surface area contributed by atoms with Crippen molar-refractivity contribution in [2.24, 2.45) is 0 Å². The molecular formula is C16H20ClNOS. The van der Waals surface area contributed by atoms with Gasteiger partial charge in [-0.2, -0.15) is 0 Å². The van der Waals surface area contributed by atoms with Crippen LogP contribution >= 0.6 is 22.9 Å². The standard InChI is InChI=1S/C16H20ClNOS/c1-2-13-12-14(5-6-16(13)17)19-10-9-18-8-7-15-4-3-11-20-15/h3-6,11-12,18H,2,7-10H2,1H3. The van der Waals surface area contributed by atoms with Crippen molar-refractivity contribution >= 4 is 22.9 Å². The number of nitrogens with one attached hydrogen (secondary N) is 1. The van der Waals surface area contributed by atoms with E-state index in [0.29, 0.717) is 6.61 Å². The van der Waals surface area contributed by atoms with E-state index in [1.807, 2.05) is 18.2 Å². The fourth-order valence-corrected chi connectivity index (χ4v) is 2.90. The Labute approximate surface area is 129 Å². The molecule has 1 aromatic heterocycles. The van der Waals surface area contributed by atoms with Gasteiger partial charge in [0.25, 0.3) is 0 Å². The third-order valence-electron chi connectivity index (χ3n) is 3.07. The first kappa shape index (κ1) is 15.4. The number of rotatable bonds is 8. The van der Waals surface area contributed by atoms with Gasteiger partial charge < -0.3 is 10.1 Å². The lowest BCUT2D eigenvalue weighted by Gasteiger charge is -2.09. The minimum atomic E-state index is 0.676. The first-order chi connectivity index (χ1) is 9.79. The third kappa shape index (κ3) is 4.82. The highest BCUT2D eigenvalue weighted by atomic mass is 35.5. The summed E-state index contributed by atoms with van der Waals surface area (Å²) < 4.78 is 5.72. The second-order valence-electron chi connectivity index (χ2n) is 4.53. The minimum Gasteiger partial charge on any atom is -0.492 e. The molecule has 0 saturated carbocycles. The maximum atomic E-state index is 6.08. The highest BCUT2D eigenvalue weighted by Crippen LogP contribution is 2.22. The highest BCUT2D eigenvalue weighted by molar-refractivity contribution is 7.09. The van der Waals surface area contributed by atoms with Gasteiger partial charge in [-0.3, -0.25) is 0 Å². The van der Waals surface area contributed by atoms with Gasteiger partial charge in [-0.05, 0) is 48.1 Å². The van der Waals surface area contributed by atoms with Crippen LogP contribution in [-0.2, 0) is 12.8 Å². The molecule has 0 aliphatic rings. The Morgan fingerprint density at radius 3 is 2.90 bits per heavy atom. The summed E-state index contributed by atoms with van der Waals surface area (Å²) in [7, 11) is 0. The molecule has 108 valence electrons. The van der Waals surface area contributed by atoms with Crippen LogP contribution in [0.2, 0.25) is 5.02 Å². The van der Waals surface area contributed by atoms with E-state index in [2.05, 4.69) is 29.8 Å². The molecule has 20 heavy (non-hydrogen) atoms. The maximum absolute atomic E-state index is 6.08. The first-order valence-electron chi connectivity index (χ1n) is 6.94. The summed E-state index contributed by atoms with van der Waals surface area (Å²) >= 11 is 7.89. The van der Waals surface area contributed by atoms with E-state index in [1.54, 1.807) is 11.3 Å². The summed E-state index contributed by atoms with van der Waals surface area (Å²) in [5, 5.41) is 6.32. The second kappa shape index (κ2) is 8.30. The monoisotopic (exact) mass is 309 g/mol. The van der Waals surface area contributed by atoms with Crippen LogP contribution in [0.5, 0.6) is 5.75 Å². The number of benzene rings is 1. The van der Waals surface area contributed by atoms with Crippen molar-refractivity contribution < 1.29 is 4.74 Å². The normalized spacial score (nSPS) is 10.7. The van der Waals surface area contributed by atoms with Gasteiger partial charge in [0.05, 0.1) is 0 Å². The van der Waals surface area contributed by atoms with Gasteiger partial charge in [-0.1, -0.05) is 24.6 Å². The molecular weight excluding hydrogens is 290 g/mol. The molecule has 2 rings (SSSR count).